The van der Waals surface area contributed by atoms with E-state index in [0.29, 0.717) is 31.5 Å². The number of alkyl halides is 3. The van der Waals surface area contributed by atoms with Crippen molar-refractivity contribution >= 4 is 5.95 Å². The minimum atomic E-state index is -4.46. The van der Waals surface area contributed by atoms with Crippen LogP contribution in [0.25, 0.3) is 0 Å². The zero-order chi connectivity index (χ0) is 20.4. The minimum absolute atomic E-state index is 0.0656. The maximum atomic E-state index is 12.8. The van der Waals surface area contributed by atoms with Gasteiger partial charge in [0.25, 0.3) is 0 Å². The summed E-state index contributed by atoms with van der Waals surface area (Å²) < 4.78 is 44.2. The van der Waals surface area contributed by atoms with E-state index in [0.717, 1.165) is 30.8 Å². The summed E-state index contributed by atoms with van der Waals surface area (Å²) >= 11 is 0. The van der Waals surface area contributed by atoms with Crippen molar-refractivity contribution in [3.63, 3.8) is 0 Å². The van der Waals surface area contributed by atoms with Crippen molar-refractivity contribution in [1.82, 2.24) is 20.2 Å². The van der Waals surface area contributed by atoms with Gasteiger partial charge in [-0.05, 0) is 30.9 Å². The summed E-state index contributed by atoms with van der Waals surface area (Å²) in [5.41, 5.74) is -0.0846. The van der Waals surface area contributed by atoms with Gasteiger partial charge < -0.3 is 9.64 Å². The highest BCUT2D eigenvalue weighted by molar-refractivity contribution is 5.31. The van der Waals surface area contributed by atoms with Crippen molar-refractivity contribution in [2.24, 2.45) is 5.92 Å². The lowest BCUT2D eigenvalue weighted by Crippen LogP contribution is -2.37. The Morgan fingerprint density at radius 3 is 2.32 bits per heavy atom. The standard InChI is InChI=1S/C19H24F3N5O/c1-18(2,3)14-4-5-16(26-25-14)28-12-13-7-10-27(11-8-13)17-23-9-6-15(24-17)19(20,21)22/h4-6,9,13H,7-8,10-12H2,1-3H3. The van der Waals surface area contributed by atoms with Crippen LogP contribution in [0.5, 0.6) is 5.88 Å². The summed E-state index contributed by atoms with van der Waals surface area (Å²) in [5, 5.41) is 8.32. The summed E-state index contributed by atoms with van der Waals surface area (Å²) in [6.07, 6.45) is -1.74. The fraction of sp³-hybridized carbons (Fsp3) is 0.579. The predicted octanol–water partition coefficient (Wildman–Crippen LogP) is 3.88. The average Bonchev–Trinajstić information content (AvgIpc) is 2.66. The molecule has 0 amide bonds. The van der Waals surface area contributed by atoms with E-state index in [4.69, 9.17) is 4.74 Å². The van der Waals surface area contributed by atoms with E-state index in [9.17, 15) is 13.2 Å². The Balaban J connectivity index is 1.51. The smallest absolute Gasteiger partial charge is 0.433 e. The first-order chi connectivity index (χ1) is 13.1. The Morgan fingerprint density at radius 1 is 1.04 bits per heavy atom. The molecule has 0 aliphatic carbocycles. The number of rotatable bonds is 4. The molecule has 0 saturated carbocycles. The van der Waals surface area contributed by atoms with Crippen molar-refractivity contribution in [3.8, 4) is 5.88 Å². The third kappa shape index (κ3) is 5.08. The molecule has 28 heavy (non-hydrogen) atoms. The first-order valence-electron chi connectivity index (χ1n) is 9.25. The number of anilines is 1. The maximum Gasteiger partial charge on any atom is 0.433 e. The van der Waals surface area contributed by atoms with Gasteiger partial charge in [-0.15, -0.1) is 5.10 Å². The fourth-order valence-electron chi connectivity index (χ4n) is 2.96. The van der Waals surface area contributed by atoms with Crippen LogP contribution in [0.3, 0.4) is 0 Å². The molecule has 152 valence electrons. The van der Waals surface area contributed by atoms with E-state index in [2.05, 4.69) is 40.9 Å². The molecule has 1 aliphatic heterocycles. The molecule has 3 rings (SSSR count). The first-order valence-corrected chi connectivity index (χ1v) is 9.25. The molecule has 9 heteroatoms. The van der Waals surface area contributed by atoms with E-state index in [1.54, 1.807) is 4.90 Å². The highest BCUT2D eigenvalue weighted by atomic mass is 19.4. The van der Waals surface area contributed by atoms with Crippen LogP contribution in [-0.4, -0.2) is 39.9 Å². The molecule has 1 aliphatic rings. The largest absolute Gasteiger partial charge is 0.476 e. The van der Waals surface area contributed by atoms with Crippen LogP contribution in [0, 0.1) is 5.92 Å². The molecule has 2 aromatic rings. The van der Waals surface area contributed by atoms with Gasteiger partial charge >= 0.3 is 6.18 Å². The van der Waals surface area contributed by atoms with Crippen LogP contribution in [0.15, 0.2) is 24.4 Å². The Labute approximate surface area is 162 Å². The van der Waals surface area contributed by atoms with E-state index in [1.807, 2.05) is 12.1 Å². The van der Waals surface area contributed by atoms with Crippen molar-refractivity contribution in [2.75, 3.05) is 24.6 Å². The Kier molecular flexibility index (Phi) is 5.71. The molecule has 2 aromatic heterocycles. The molecule has 0 atom stereocenters. The molecule has 6 nitrogen and oxygen atoms in total. The van der Waals surface area contributed by atoms with Crippen molar-refractivity contribution in [3.05, 3.63) is 35.8 Å². The normalized spacial score (nSPS) is 16.3. The van der Waals surface area contributed by atoms with Crippen LogP contribution in [0.2, 0.25) is 0 Å². The lowest BCUT2D eigenvalue weighted by molar-refractivity contribution is -0.141. The van der Waals surface area contributed by atoms with E-state index < -0.39 is 11.9 Å². The molecular weight excluding hydrogens is 371 g/mol. The minimum Gasteiger partial charge on any atom is -0.476 e. The summed E-state index contributed by atoms with van der Waals surface area (Å²) in [4.78, 5) is 9.42. The number of nitrogens with zero attached hydrogens (tertiary/aromatic N) is 5. The number of aromatic nitrogens is 4. The van der Waals surface area contributed by atoms with Gasteiger partial charge in [0.2, 0.25) is 11.8 Å². The quantitative estimate of drug-likeness (QED) is 0.783. The van der Waals surface area contributed by atoms with Gasteiger partial charge in [-0.3, -0.25) is 0 Å². The molecule has 0 spiro atoms. The van der Waals surface area contributed by atoms with E-state index >= 15 is 0 Å². The van der Waals surface area contributed by atoms with Gasteiger partial charge in [0.05, 0.1) is 12.3 Å². The summed E-state index contributed by atoms with van der Waals surface area (Å²) in [6, 6.07) is 4.62. The van der Waals surface area contributed by atoms with Crippen LogP contribution in [0.1, 0.15) is 45.0 Å². The van der Waals surface area contributed by atoms with Crippen molar-refractivity contribution in [2.45, 2.75) is 45.2 Å². The summed E-state index contributed by atoms with van der Waals surface area (Å²) in [5.74, 6) is 0.903. The zero-order valence-electron chi connectivity index (χ0n) is 16.2. The third-order valence-electron chi connectivity index (χ3n) is 4.71. The highest BCUT2D eigenvalue weighted by Gasteiger charge is 2.33. The second-order valence-corrected chi connectivity index (χ2v) is 7.99. The van der Waals surface area contributed by atoms with Crippen LogP contribution in [-0.2, 0) is 11.6 Å². The third-order valence-corrected chi connectivity index (χ3v) is 4.71. The monoisotopic (exact) mass is 395 g/mol. The fourth-order valence-corrected chi connectivity index (χ4v) is 2.96. The number of hydrogen-bond donors (Lipinski definition) is 0. The molecule has 0 aromatic carbocycles. The lowest BCUT2D eigenvalue weighted by atomic mass is 9.92. The van der Waals surface area contributed by atoms with Gasteiger partial charge in [-0.25, -0.2) is 9.97 Å². The van der Waals surface area contributed by atoms with Crippen LogP contribution >= 0.6 is 0 Å². The number of halogens is 3. The van der Waals surface area contributed by atoms with Gasteiger partial charge in [0, 0.05) is 30.8 Å². The number of ether oxygens (including phenoxy) is 1. The molecule has 3 heterocycles. The average molecular weight is 395 g/mol. The number of piperidine rings is 1. The SMILES string of the molecule is CC(C)(C)c1ccc(OCC2CCN(c3nccc(C(F)(F)F)n3)CC2)nn1. The first kappa shape index (κ1) is 20.3. The second kappa shape index (κ2) is 7.89. The van der Waals surface area contributed by atoms with E-state index in [1.165, 1.54) is 0 Å². The predicted molar refractivity (Wildman–Crippen MR) is 98.2 cm³/mol. The van der Waals surface area contributed by atoms with Crippen LogP contribution in [0.4, 0.5) is 19.1 Å². The van der Waals surface area contributed by atoms with Gasteiger partial charge in [0.15, 0.2) is 0 Å². The van der Waals surface area contributed by atoms with Gasteiger partial charge in [0.1, 0.15) is 5.69 Å². The Morgan fingerprint density at radius 2 is 1.75 bits per heavy atom. The van der Waals surface area contributed by atoms with Crippen LogP contribution < -0.4 is 9.64 Å². The second-order valence-electron chi connectivity index (χ2n) is 7.99. The summed E-state index contributed by atoms with van der Waals surface area (Å²) in [7, 11) is 0. The molecular formula is C19H24F3N5O. The zero-order valence-corrected chi connectivity index (χ0v) is 16.2. The maximum absolute atomic E-state index is 12.8. The Bertz CT molecular complexity index is 781. The van der Waals surface area contributed by atoms with Gasteiger partial charge in [-0.1, -0.05) is 20.8 Å². The highest BCUT2D eigenvalue weighted by Crippen LogP contribution is 2.29. The van der Waals surface area contributed by atoms with Crippen molar-refractivity contribution in [1.29, 1.82) is 0 Å². The topological polar surface area (TPSA) is 64.0 Å². The van der Waals surface area contributed by atoms with Gasteiger partial charge in [-0.2, -0.15) is 18.3 Å². The molecule has 1 fully saturated rings. The van der Waals surface area contributed by atoms with Crippen molar-refractivity contribution < 1.29 is 17.9 Å². The molecule has 0 unspecified atom stereocenters. The number of hydrogen-bond acceptors (Lipinski definition) is 6. The molecule has 1 saturated heterocycles. The van der Waals surface area contributed by atoms with E-state index in [-0.39, 0.29) is 11.4 Å². The Hall–Kier alpha value is -2.45. The molecule has 0 bridgehead atoms. The summed E-state index contributed by atoms with van der Waals surface area (Å²) in [6.45, 7) is 7.88. The lowest BCUT2D eigenvalue weighted by Gasteiger charge is -2.31. The molecule has 0 N–H and O–H groups in total. The molecule has 0 radical (unpaired) electrons.